The normalized spacial score (nSPS) is 36.0. The van der Waals surface area contributed by atoms with Gasteiger partial charge in [-0.25, -0.2) is 0 Å². The van der Waals surface area contributed by atoms with E-state index in [1.54, 1.807) is 0 Å². The molecule has 0 heterocycles. The van der Waals surface area contributed by atoms with Gasteiger partial charge in [0.1, 0.15) is 0 Å². The summed E-state index contributed by atoms with van der Waals surface area (Å²) in [5.74, 6) is 1.68. The molecule has 3 atom stereocenters. The second-order valence-electron chi connectivity index (χ2n) is 6.01. The van der Waals surface area contributed by atoms with Gasteiger partial charge in [0.25, 0.3) is 0 Å². The highest BCUT2D eigenvalue weighted by Gasteiger charge is 2.41. The summed E-state index contributed by atoms with van der Waals surface area (Å²) in [6.07, 6.45) is 3.89. The minimum atomic E-state index is 0.273. The average molecular weight is 226 g/mol. The molecular weight excluding hydrogens is 196 g/mol. The first-order valence-corrected chi connectivity index (χ1v) is 6.93. The molecule has 0 aromatic heterocycles. The fourth-order valence-corrected chi connectivity index (χ4v) is 3.50. The standard InChI is InChI=1S/C14H30N2/c1-6-16(11(2)3)14(10-15)8-7-12(4)13(5)9-14/h11-13H,6-10,15H2,1-5H3. The zero-order chi connectivity index (χ0) is 12.3. The third-order valence-electron chi connectivity index (χ3n) is 4.69. The Morgan fingerprint density at radius 3 is 2.31 bits per heavy atom. The molecule has 0 bridgehead atoms. The van der Waals surface area contributed by atoms with Crippen molar-refractivity contribution in [2.75, 3.05) is 13.1 Å². The predicted molar refractivity (Wildman–Crippen MR) is 71.5 cm³/mol. The molecule has 2 N–H and O–H groups in total. The van der Waals surface area contributed by atoms with Gasteiger partial charge in [0, 0.05) is 18.1 Å². The van der Waals surface area contributed by atoms with Crippen LogP contribution in [0.5, 0.6) is 0 Å². The highest BCUT2D eigenvalue weighted by atomic mass is 15.2. The van der Waals surface area contributed by atoms with Crippen LogP contribution in [-0.2, 0) is 0 Å². The molecule has 1 fully saturated rings. The quantitative estimate of drug-likeness (QED) is 0.798. The van der Waals surface area contributed by atoms with E-state index in [0.29, 0.717) is 6.04 Å². The van der Waals surface area contributed by atoms with E-state index in [1.165, 1.54) is 19.3 Å². The molecule has 0 aromatic rings. The minimum absolute atomic E-state index is 0.273. The lowest BCUT2D eigenvalue weighted by Crippen LogP contribution is -2.59. The van der Waals surface area contributed by atoms with E-state index in [4.69, 9.17) is 5.73 Å². The van der Waals surface area contributed by atoms with Gasteiger partial charge >= 0.3 is 0 Å². The van der Waals surface area contributed by atoms with Crippen LogP contribution in [0.25, 0.3) is 0 Å². The summed E-state index contributed by atoms with van der Waals surface area (Å²) in [6, 6.07) is 0.606. The van der Waals surface area contributed by atoms with Gasteiger partial charge in [0.05, 0.1) is 0 Å². The van der Waals surface area contributed by atoms with Crippen molar-refractivity contribution >= 4 is 0 Å². The molecule has 0 aromatic carbocycles. The highest BCUT2D eigenvalue weighted by molar-refractivity contribution is 4.98. The van der Waals surface area contributed by atoms with Gasteiger partial charge in [-0.05, 0) is 51.5 Å². The van der Waals surface area contributed by atoms with Gasteiger partial charge < -0.3 is 5.73 Å². The van der Waals surface area contributed by atoms with E-state index in [-0.39, 0.29) is 5.54 Å². The summed E-state index contributed by atoms with van der Waals surface area (Å²) in [5, 5.41) is 0. The number of likely N-dealkylation sites (N-methyl/N-ethyl adjacent to an activating group) is 1. The summed E-state index contributed by atoms with van der Waals surface area (Å²) in [7, 11) is 0. The van der Waals surface area contributed by atoms with Crippen molar-refractivity contribution in [3.63, 3.8) is 0 Å². The van der Waals surface area contributed by atoms with Gasteiger partial charge in [-0.15, -0.1) is 0 Å². The first kappa shape index (κ1) is 14.0. The smallest absolute Gasteiger partial charge is 0.0337 e. The fourth-order valence-electron chi connectivity index (χ4n) is 3.50. The first-order valence-electron chi connectivity index (χ1n) is 6.93. The Morgan fingerprint density at radius 2 is 1.94 bits per heavy atom. The maximum absolute atomic E-state index is 6.12. The van der Waals surface area contributed by atoms with Crippen LogP contribution in [0.2, 0.25) is 0 Å². The van der Waals surface area contributed by atoms with E-state index >= 15 is 0 Å². The molecule has 0 radical (unpaired) electrons. The molecule has 2 nitrogen and oxygen atoms in total. The summed E-state index contributed by atoms with van der Waals surface area (Å²) in [5.41, 5.74) is 6.39. The van der Waals surface area contributed by atoms with Crippen molar-refractivity contribution in [2.24, 2.45) is 17.6 Å². The van der Waals surface area contributed by atoms with Crippen LogP contribution >= 0.6 is 0 Å². The van der Waals surface area contributed by atoms with E-state index in [9.17, 15) is 0 Å². The van der Waals surface area contributed by atoms with Gasteiger partial charge in [-0.1, -0.05) is 20.8 Å². The Morgan fingerprint density at radius 1 is 1.31 bits per heavy atom. The van der Waals surface area contributed by atoms with Gasteiger partial charge in [0.15, 0.2) is 0 Å². The van der Waals surface area contributed by atoms with Gasteiger partial charge in [0.2, 0.25) is 0 Å². The van der Waals surface area contributed by atoms with E-state index in [2.05, 4.69) is 39.5 Å². The van der Waals surface area contributed by atoms with Crippen molar-refractivity contribution in [2.45, 2.75) is 65.5 Å². The summed E-state index contributed by atoms with van der Waals surface area (Å²) >= 11 is 0. The molecule has 0 spiro atoms. The maximum atomic E-state index is 6.12. The van der Waals surface area contributed by atoms with Crippen molar-refractivity contribution in [3.05, 3.63) is 0 Å². The molecule has 3 unspecified atom stereocenters. The molecule has 2 heteroatoms. The molecule has 16 heavy (non-hydrogen) atoms. The molecule has 0 aliphatic heterocycles. The molecule has 0 saturated heterocycles. The molecule has 1 aliphatic rings. The monoisotopic (exact) mass is 226 g/mol. The number of nitrogens with zero attached hydrogens (tertiary/aromatic N) is 1. The van der Waals surface area contributed by atoms with Crippen LogP contribution < -0.4 is 5.73 Å². The van der Waals surface area contributed by atoms with E-state index in [1.807, 2.05) is 0 Å². The number of rotatable bonds is 4. The largest absolute Gasteiger partial charge is 0.329 e. The lowest BCUT2D eigenvalue weighted by atomic mass is 9.70. The number of hydrogen-bond donors (Lipinski definition) is 1. The third kappa shape index (κ3) is 2.60. The Bertz CT molecular complexity index is 215. The van der Waals surface area contributed by atoms with Crippen LogP contribution in [0.4, 0.5) is 0 Å². The Labute approximate surface area is 102 Å². The summed E-state index contributed by atoms with van der Waals surface area (Å²) < 4.78 is 0. The maximum Gasteiger partial charge on any atom is 0.0337 e. The fraction of sp³-hybridized carbons (Fsp3) is 1.00. The van der Waals surface area contributed by atoms with Crippen LogP contribution in [-0.4, -0.2) is 29.6 Å². The summed E-state index contributed by atoms with van der Waals surface area (Å²) in [6.45, 7) is 13.6. The number of hydrogen-bond acceptors (Lipinski definition) is 2. The zero-order valence-electron chi connectivity index (χ0n) is 11.8. The molecule has 1 rings (SSSR count). The van der Waals surface area contributed by atoms with Crippen LogP contribution in [0.15, 0.2) is 0 Å². The zero-order valence-corrected chi connectivity index (χ0v) is 11.8. The van der Waals surface area contributed by atoms with E-state index < -0.39 is 0 Å². The van der Waals surface area contributed by atoms with Gasteiger partial charge in [-0.3, -0.25) is 4.90 Å². The molecular formula is C14H30N2. The second-order valence-corrected chi connectivity index (χ2v) is 6.01. The van der Waals surface area contributed by atoms with E-state index in [0.717, 1.165) is 24.9 Å². The van der Waals surface area contributed by atoms with Gasteiger partial charge in [-0.2, -0.15) is 0 Å². The highest BCUT2D eigenvalue weighted by Crippen LogP contribution is 2.40. The molecule has 1 saturated carbocycles. The predicted octanol–water partition coefficient (Wildman–Crippen LogP) is 2.87. The summed E-state index contributed by atoms with van der Waals surface area (Å²) in [4.78, 5) is 2.62. The third-order valence-corrected chi connectivity index (χ3v) is 4.69. The first-order chi connectivity index (χ1) is 7.46. The lowest BCUT2D eigenvalue weighted by molar-refractivity contribution is 0.00382. The number of nitrogens with two attached hydrogens (primary N) is 1. The molecule has 1 aliphatic carbocycles. The Kier molecular flexibility index (Phi) is 4.81. The second kappa shape index (κ2) is 5.50. The van der Waals surface area contributed by atoms with Crippen molar-refractivity contribution in [1.82, 2.24) is 4.90 Å². The van der Waals surface area contributed by atoms with Crippen molar-refractivity contribution in [3.8, 4) is 0 Å². The van der Waals surface area contributed by atoms with Crippen LogP contribution in [0.3, 0.4) is 0 Å². The Balaban J connectivity index is 2.84. The minimum Gasteiger partial charge on any atom is -0.329 e. The van der Waals surface area contributed by atoms with Crippen LogP contribution in [0.1, 0.15) is 53.9 Å². The molecule has 0 amide bonds. The van der Waals surface area contributed by atoms with Crippen LogP contribution in [0, 0.1) is 11.8 Å². The van der Waals surface area contributed by atoms with Crippen molar-refractivity contribution < 1.29 is 0 Å². The SMILES string of the molecule is CCN(C(C)C)C1(CN)CCC(C)C(C)C1. The van der Waals surface area contributed by atoms with Crippen molar-refractivity contribution in [1.29, 1.82) is 0 Å². The average Bonchev–Trinajstić information content (AvgIpc) is 2.24. The topological polar surface area (TPSA) is 29.3 Å². The Hall–Kier alpha value is -0.0800. The lowest BCUT2D eigenvalue weighted by Gasteiger charge is -2.51. The molecule has 96 valence electrons.